The summed E-state index contributed by atoms with van der Waals surface area (Å²) in [6.45, 7) is 4.06. The Labute approximate surface area is 140 Å². The fourth-order valence-corrected chi connectivity index (χ4v) is 2.05. The molecule has 0 bridgehead atoms. The van der Waals surface area contributed by atoms with Crippen LogP contribution in [-0.4, -0.2) is 12.6 Å². The molecule has 0 atom stereocenters. The summed E-state index contributed by atoms with van der Waals surface area (Å²) >= 11 is 0. The van der Waals surface area contributed by atoms with Gasteiger partial charge in [0.05, 0.1) is 6.61 Å². The van der Waals surface area contributed by atoms with Crippen molar-refractivity contribution < 1.29 is 18.7 Å². The quantitative estimate of drug-likeness (QED) is 0.608. The van der Waals surface area contributed by atoms with Crippen molar-refractivity contribution in [3.63, 3.8) is 0 Å². The molecule has 0 saturated carbocycles. The fourth-order valence-electron chi connectivity index (χ4n) is 2.05. The number of allylic oxidation sites excluding steroid dienone is 1. The molecule has 0 radical (unpaired) electrons. The first-order valence-electron chi connectivity index (χ1n) is 7.67. The number of carbonyl (C=O) groups is 1. The molecule has 0 heterocycles. The summed E-state index contributed by atoms with van der Waals surface area (Å²) in [5.41, 5.74) is 2.17. The molecule has 0 amide bonds. The van der Waals surface area contributed by atoms with E-state index in [4.69, 9.17) is 9.47 Å². The minimum Gasteiger partial charge on any atom is -0.486 e. The molecule has 0 aliphatic rings. The first-order chi connectivity index (χ1) is 11.6. The standard InChI is InChI=1S/C19H20FNO3/c1-3-23-19(22)11-14(2)21-16-9-10-17(20)18(12-16)24-13-15-7-5-4-6-8-15/h4-12,21H,3,13H2,1-2H3. The Morgan fingerprint density at radius 2 is 1.96 bits per heavy atom. The molecule has 5 heteroatoms. The van der Waals surface area contributed by atoms with Gasteiger partial charge in [-0.2, -0.15) is 0 Å². The van der Waals surface area contributed by atoms with Crippen LogP contribution in [0.1, 0.15) is 19.4 Å². The Kier molecular flexibility index (Phi) is 6.37. The minimum absolute atomic E-state index is 0.146. The molecular formula is C19H20FNO3. The van der Waals surface area contributed by atoms with E-state index in [-0.39, 0.29) is 12.4 Å². The van der Waals surface area contributed by atoms with Crippen molar-refractivity contribution in [2.45, 2.75) is 20.5 Å². The highest BCUT2D eigenvalue weighted by Gasteiger charge is 2.06. The first kappa shape index (κ1) is 17.5. The zero-order chi connectivity index (χ0) is 17.4. The van der Waals surface area contributed by atoms with Gasteiger partial charge < -0.3 is 14.8 Å². The predicted octanol–water partition coefficient (Wildman–Crippen LogP) is 4.28. The van der Waals surface area contributed by atoms with Gasteiger partial charge in [0, 0.05) is 23.5 Å². The van der Waals surface area contributed by atoms with Crippen LogP contribution in [0.25, 0.3) is 0 Å². The molecule has 1 N–H and O–H groups in total. The monoisotopic (exact) mass is 329 g/mol. The lowest BCUT2D eigenvalue weighted by Gasteiger charge is -2.11. The number of halogens is 1. The van der Waals surface area contributed by atoms with Crippen LogP contribution in [0.15, 0.2) is 60.3 Å². The summed E-state index contributed by atoms with van der Waals surface area (Å²) < 4.78 is 24.3. The summed E-state index contributed by atoms with van der Waals surface area (Å²) in [6.07, 6.45) is 1.34. The lowest BCUT2D eigenvalue weighted by molar-refractivity contribution is -0.137. The maximum atomic E-state index is 13.9. The van der Waals surface area contributed by atoms with Gasteiger partial charge in [0.25, 0.3) is 0 Å². The van der Waals surface area contributed by atoms with Crippen LogP contribution >= 0.6 is 0 Å². The van der Waals surface area contributed by atoms with Crippen molar-refractivity contribution in [2.24, 2.45) is 0 Å². The van der Waals surface area contributed by atoms with Crippen LogP contribution in [0.2, 0.25) is 0 Å². The molecule has 0 saturated heterocycles. The number of carbonyl (C=O) groups excluding carboxylic acids is 1. The topological polar surface area (TPSA) is 47.6 Å². The van der Waals surface area contributed by atoms with Gasteiger partial charge >= 0.3 is 5.97 Å². The van der Waals surface area contributed by atoms with Crippen molar-refractivity contribution in [1.29, 1.82) is 0 Å². The van der Waals surface area contributed by atoms with Crippen molar-refractivity contribution in [3.05, 3.63) is 71.7 Å². The Morgan fingerprint density at radius 3 is 2.67 bits per heavy atom. The maximum absolute atomic E-state index is 13.9. The van der Waals surface area contributed by atoms with Gasteiger partial charge in [0.15, 0.2) is 11.6 Å². The average Bonchev–Trinajstić information content (AvgIpc) is 2.56. The molecule has 2 aromatic carbocycles. The lowest BCUT2D eigenvalue weighted by Crippen LogP contribution is -2.04. The Bertz CT molecular complexity index is 714. The molecule has 126 valence electrons. The van der Waals surface area contributed by atoms with Crippen molar-refractivity contribution in [2.75, 3.05) is 11.9 Å². The third kappa shape index (κ3) is 5.43. The fraction of sp³-hybridized carbons (Fsp3) is 0.211. The largest absolute Gasteiger partial charge is 0.486 e. The zero-order valence-corrected chi connectivity index (χ0v) is 13.7. The third-order valence-electron chi connectivity index (χ3n) is 3.13. The van der Waals surface area contributed by atoms with Crippen LogP contribution in [0.3, 0.4) is 0 Å². The van der Waals surface area contributed by atoms with Crippen molar-refractivity contribution in [1.82, 2.24) is 0 Å². The number of hydrogen-bond acceptors (Lipinski definition) is 4. The summed E-state index contributed by atoms with van der Waals surface area (Å²) in [6, 6.07) is 14.0. The van der Waals surface area contributed by atoms with E-state index in [1.165, 1.54) is 12.1 Å². The first-order valence-corrected chi connectivity index (χ1v) is 7.67. The van der Waals surface area contributed by atoms with Crippen LogP contribution in [-0.2, 0) is 16.1 Å². The van der Waals surface area contributed by atoms with Crippen molar-refractivity contribution in [3.8, 4) is 5.75 Å². The number of esters is 1. The molecule has 0 fully saturated rings. The third-order valence-corrected chi connectivity index (χ3v) is 3.13. The summed E-state index contributed by atoms with van der Waals surface area (Å²) in [4.78, 5) is 11.4. The summed E-state index contributed by atoms with van der Waals surface area (Å²) in [7, 11) is 0. The van der Waals surface area contributed by atoms with Gasteiger partial charge in [-0.1, -0.05) is 30.3 Å². The van der Waals surface area contributed by atoms with Crippen LogP contribution in [0, 0.1) is 5.82 Å². The van der Waals surface area contributed by atoms with Gasteiger partial charge in [-0.05, 0) is 31.5 Å². The molecule has 4 nitrogen and oxygen atoms in total. The highest BCUT2D eigenvalue weighted by molar-refractivity contribution is 5.83. The Morgan fingerprint density at radius 1 is 1.21 bits per heavy atom. The molecular weight excluding hydrogens is 309 g/mol. The van der Waals surface area contributed by atoms with Gasteiger partial charge in [-0.25, -0.2) is 9.18 Å². The SMILES string of the molecule is CCOC(=O)C=C(C)Nc1ccc(F)c(OCc2ccccc2)c1. The van der Waals surface area contributed by atoms with E-state index in [9.17, 15) is 9.18 Å². The van der Waals surface area contributed by atoms with Gasteiger partial charge in [0.2, 0.25) is 0 Å². The molecule has 0 aromatic heterocycles. The average molecular weight is 329 g/mol. The molecule has 2 rings (SSSR count). The maximum Gasteiger partial charge on any atom is 0.332 e. The van der Waals surface area contributed by atoms with E-state index in [2.05, 4.69) is 5.32 Å². The second-order valence-corrected chi connectivity index (χ2v) is 5.12. The van der Waals surface area contributed by atoms with Crippen LogP contribution in [0.4, 0.5) is 10.1 Å². The van der Waals surface area contributed by atoms with E-state index >= 15 is 0 Å². The van der Waals surface area contributed by atoms with Gasteiger partial charge in [0.1, 0.15) is 6.61 Å². The van der Waals surface area contributed by atoms with E-state index < -0.39 is 11.8 Å². The number of benzene rings is 2. The molecule has 0 spiro atoms. The van der Waals surface area contributed by atoms with Crippen molar-refractivity contribution >= 4 is 11.7 Å². The number of nitrogens with one attached hydrogen (secondary N) is 1. The second kappa shape index (κ2) is 8.72. The smallest absolute Gasteiger partial charge is 0.332 e. The number of ether oxygens (including phenoxy) is 2. The minimum atomic E-state index is -0.441. The van der Waals surface area contributed by atoms with Crippen LogP contribution in [0.5, 0.6) is 5.75 Å². The van der Waals surface area contributed by atoms with E-state index in [1.54, 1.807) is 26.0 Å². The molecule has 0 aliphatic heterocycles. The van der Waals surface area contributed by atoms with Gasteiger partial charge in [-0.3, -0.25) is 0 Å². The molecule has 0 aliphatic carbocycles. The Balaban J connectivity index is 2.03. The normalized spacial score (nSPS) is 11.0. The number of anilines is 1. The lowest BCUT2D eigenvalue weighted by atomic mass is 10.2. The van der Waals surface area contributed by atoms with E-state index in [1.807, 2.05) is 30.3 Å². The molecule has 0 unspecified atom stereocenters. The number of hydrogen-bond donors (Lipinski definition) is 1. The highest BCUT2D eigenvalue weighted by atomic mass is 19.1. The van der Waals surface area contributed by atoms with E-state index in [0.29, 0.717) is 18.0 Å². The Hall–Kier alpha value is -2.82. The summed E-state index contributed by atoms with van der Waals surface area (Å²) in [5.74, 6) is -0.721. The van der Waals surface area contributed by atoms with E-state index in [0.717, 1.165) is 5.56 Å². The molecule has 2 aromatic rings. The zero-order valence-electron chi connectivity index (χ0n) is 13.7. The highest BCUT2D eigenvalue weighted by Crippen LogP contribution is 2.24. The molecule has 24 heavy (non-hydrogen) atoms. The second-order valence-electron chi connectivity index (χ2n) is 5.12. The van der Waals surface area contributed by atoms with Crippen LogP contribution < -0.4 is 10.1 Å². The summed E-state index contributed by atoms with van der Waals surface area (Å²) in [5, 5.41) is 3.01. The number of rotatable bonds is 7. The van der Waals surface area contributed by atoms with Gasteiger partial charge in [-0.15, -0.1) is 0 Å². The predicted molar refractivity (Wildman–Crippen MR) is 91.2 cm³/mol.